The second kappa shape index (κ2) is 4.99. The lowest BCUT2D eigenvalue weighted by atomic mass is 10.2. The number of hydrogen-bond acceptors (Lipinski definition) is 1. The van der Waals surface area contributed by atoms with E-state index < -0.39 is 35.9 Å². The molecule has 0 aliphatic rings. The summed E-state index contributed by atoms with van der Waals surface area (Å²) in [4.78, 5) is 1.42. The van der Waals surface area contributed by atoms with E-state index in [0.29, 0.717) is 12.3 Å². The molecule has 0 aliphatic carbocycles. The second-order valence-corrected chi connectivity index (χ2v) is 3.87. The summed E-state index contributed by atoms with van der Waals surface area (Å²) in [5.74, 6) is -12.7. The number of H-pyrrole nitrogens is 1. The summed E-state index contributed by atoms with van der Waals surface area (Å²) in [5.41, 5.74) is -1.84. The van der Waals surface area contributed by atoms with Crippen LogP contribution in [0.25, 0.3) is 0 Å². The Morgan fingerprint density at radius 1 is 0.773 bits per heavy atom. The number of hydrogen-bond donors (Lipinski definition) is 1. The van der Waals surface area contributed by atoms with Crippen LogP contribution >= 0.6 is 0 Å². The molecule has 1 heterocycles. The van der Waals surface area contributed by atoms with Crippen molar-refractivity contribution in [2.75, 3.05) is 0 Å². The zero-order valence-electron chi connectivity index (χ0n) is 9.80. The van der Waals surface area contributed by atoms with Crippen LogP contribution in [-0.2, 0) is 10.6 Å². The van der Waals surface area contributed by atoms with Crippen molar-refractivity contribution in [3.63, 3.8) is 0 Å². The molecule has 1 atom stereocenters. The van der Waals surface area contributed by atoms with E-state index in [1.807, 2.05) is 0 Å². The molecule has 128 valence electrons. The van der Waals surface area contributed by atoms with Gasteiger partial charge in [0.25, 0.3) is 0 Å². The molecule has 0 aromatic carbocycles. The van der Waals surface area contributed by atoms with Crippen LogP contribution in [0.2, 0.25) is 0 Å². The molecule has 22 heavy (non-hydrogen) atoms. The minimum Gasteiger partial charge on any atom is -0.360 e. The fourth-order valence-corrected chi connectivity index (χ4v) is 1.20. The van der Waals surface area contributed by atoms with Crippen LogP contribution in [0.1, 0.15) is 5.69 Å². The molecule has 0 saturated heterocycles. The first kappa shape index (κ1) is 18.5. The second-order valence-electron chi connectivity index (χ2n) is 3.87. The van der Waals surface area contributed by atoms with Crippen molar-refractivity contribution < 1.29 is 53.0 Å². The van der Waals surface area contributed by atoms with E-state index >= 15 is 0 Å². The summed E-state index contributed by atoms with van der Waals surface area (Å²) >= 11 is 0. The average molecular weight is 351 g/mol. The predicted molar refractivity (Wildman–Crippen MR) is 46.7 cm³/mol. The Morgan fingerprint density at radius 3 is 1.59 bits per heavy atom. The van der Waals surface area contributed by atoms with Crippen molar-refractivity contribution >= 4 is 0 Å². The van der Waals surface area contributed by atoms with Gasteiger partial charge in [-0.05, 0) is 12.1 Å². The van der Waals surface area contributed by atoms with Crippen LogP contribution in [0, 0.1) is 0 Å². The van der Waals surface area contributed by atoms with Crippen LogP contribution in [0.4, 0.5) is 48.3 Å². The lowest BCUT2D eigenvalue weighted by Gasteiger charge is -2.34. The van der Waals surface area contributed by atoms with E-state index in [1.165, 1.54) is 4.98 Å². The molecular weight excluding hydrogens is 347 g/mol. The third-order valence-electron chi connectivity index (χ3n) is 2.30. The first-order chi connectivity index (χ1) is 9.56. The average Bonchev–Trinajstić information content (AvgIpc) is 2.78. The molecule has 1 aromatic heterocycles. The fourth-order valence-electron chi connectivity index (χ4n) is 1.20. The van der Waals surface area contributed by atoms with Crippen molar-refractivity contribution in [3.05, 3.63) is 24.0 Å². The number of aromatic nitrogens is 1. The SMILES string of the molecule is FC(F)(F)C(F)(OC(F)(F)C(F)(F)C(F)(F)F)c1ccc[nH]1. The van der Waals surface area contributed by atoms with Crippen LogP contribution < -0.4 is 0 Å². The van der Waals surface area contributed by atoms with Gasteiger partial charge in [0.05, 0.1) is 5.69 Å². The minimum absolute atomic E-state index is 0.176. The highest BCUT2D eigenvalue weighted by atomic mass is 19.4. The van der Waals surface area contributed by atoms with Gasteiger partial charge in [0.1, 0.15) is 0 Å². The Balaban J connectivity index is 3.33. The smallest absolute Gasteiger partial charge is 0.360 e. The molecule has 0 bridgehead atoms. The van der Waals surface area contributed by atoms with Crippen LogP contribution in [0.3, 0.4) is 0 Å². The molecule has 0 spiro atoms. The highest BCUT2D eigenvalue weighted by Gasteiger charge is 2.78. The topological polar surface area (TPSA) is 25.0 Å². The van der Waals surface area contributed by atoms with Gasteiger partial charge in [-0.1, -0.05) is 0 Å². The lowest BCUT2D eigenvalue weighted by molar-refractivity contribution is -0.488. The lowest BCUT2D eigenvalue weighted by Crippen LogP contribution is -2.58. The Kier molecular flexibility index (Phi) is 4.20. The molecule has 1 aromatic rings. The van der Waals surface area contributed by atoms with Gasteiger partial charge in [0, 0.05) is 6.20 Å². The third-order valence-corrected chi connectivity index (χ3v) is 2.30. The van der Waals surface area contributed by atoms with Gasteiger partial charge in [-0.15, -0.1) is 0 Å². The predicted octanol–water partition coefficient (Wildman–Crippen LogP) is 4.51. The summed E-state index contributed by atoms with van der Waals surface area (Å²) in [6.45, 7) is 0. The van der Waals surface area contributed by atoms with Gasteiger partial charge in [-0.25, -0.2) is 0 Å². The Labute approximate surface area is 113 Å². The molecule has 0 fully saturated rings. The molecule has 1 N–H and O–H groups in total. The molecule has 0 saturated carbocycles. The summed E-state index contributed by atoms with van der Waals surface area (Å²) in [7, 11) is 0. The molecule has 0 aliphatic heterocycles. The van der Waals surface area contributed by atoms with Gasteiger partial charge >= 0.3 is 30.2 Å². The number of ether oxygens (including phenoxy) is 1. The molecule has 0 amide bonds. The monoisotopic (exact) mass is 351 g/mol. The van der Waals surface area contributed by atoms with E-state index in [0.717, 1.165) is 0 Å². The largest absolute Gasteiger partial charge is 0.462 e. The Bertz CT molecular complexity index is 503. The molecule has 13 heteroatoms. The number of halogens is 11. The van der Waals surface area contributed by atoms with Gasteiger partial charge in [-0.3, -0.25) is 4.74 Å². The van der Waals surface area contributed by atoms with Crippen molar-refractivity contribution in [2.24, 2.45) is 0 Å². The van der Waals surface area contributed by atoms with Crippen LogP contribution in [0.5, 0.6) is 0 Å². The van der Waals surface area contributed by atoms with Gasteiger partial charge in [0.15, 0.2) is 0 Å². The quantitative estimate of drug-likeness (QED) is 0.794. The van der Waals surface area contributed by atoms with E-state index in [2.05, 4.69) is 4.74 Å². The number of rotatable bonds is 4. The molecule has 2 nitrogen and oxygen atoms in total. The molecule has 0 radical (unpaired) electrons. The van der Waals surface area contributed by atoms with Crippen molar-refractivity contribution in [1.82, 2.24) is 4.98 Å². The van der Waals surface area contributed by atoms with Crippen LogP contribution in [0.15, 0.2) is 18.3 Å². The van der Waals surface area contributed by atoms with Crippen molar-refractivity contribution in [2.45, 2.75) is 30.2 Å². The van der Waals surface area contributed by atoms with E-state index in [9.17, 15) is 48.3 Å². The third kappa shape index (κ3) is 2.85. The molecular formula is C9H4F11NO. The van der Waals surface area contributed by atoms with Crippen molar-refractivity contribution in [3.8, 4) is 0 Å². The fraction of sp³-hybridized carbons (Fsp3) is 0.556. The van der Waals surface area contributed by atoms with Gasteiger partial charge in [0.2, 0.25) is 0 Å². The van der Waals surface area contributed by atoms with E-state index in [4.69, 9.17) is 0 Å². The first-order valence-corrected chi connectivity index (χ1v) is 4.98. The standard InChI is InChI=1S/C9H4F11NO/c10-5(7(13,14)15,4-2-1-3-21-4)22-9(19,20)6(11,12)8(16,17)18/h1-3,21H. The highest BCUT2D eigenvalue weighted by Crippen LogP contribution is 2.53. The maximum absolute atomic E-state index is 13.7. The number of nitrogens with one attached hydrogen (secondary N) is 1. The summed E-state index contributed by atoms with van der Waals surface area (Å²) in [6, 6.07) is 0.827. The zero-order chi connectivity index (χ0) is 17.6. The maximum Gasteiger partial charge on any atom is 0.462 e. The Hall–Kier alpha value is -1.53. The van der Waals surface area contributed by atoms with Gasteiger partial charge in [-0.2, -0.15) is 48.3 Å². The number of alkyl halides is 11. The normalized spacial score (nSPS) is 17.4. The number of aromatic amines is 1. The van der Waals surface area contributed by atoms with E-state index in [1.54, 1.807) is 0 Å². The minimum atomic E-state index is -7.06. The molecule has 1 rings (SSSR count). The molecule has 1 unspecified atom stereocenters. The summed E-state index contributed by atoms with van der Waals surface area (Å²) in [5, 5.41) is 0. The maximum atomic E-state index is 13.7. The van der Waals surface area contributed by atoms with E-state index in [-0.39, 0.29) is 6.07 Å². The van der Waals surface area contributed by atoms with Crippen molar-refractivity contribution in [1.29, 1.82) is 0 Å². The zero-order valence-corrected chi connectivity index (χ0v) is 9.80. The Morgan fingerprint density at radius 2 is 1.27 bits per heavy atom. The first-order valence-electron chi connectivity index (χ1n) is 4.98. The summed E-state index contributed by atoms with van der Waals surface area (Å²) < 4.78 is 140. The van der Waals surface area contributed by atoms with Gasteiger partial charge < -0.3 is 4.98 Å². The van der Waals surface area contributed by atoms with Crippen LogP contribution in [-0.4, -0.2) is 29.4 Å². The summed E-state index contributed by atoms with van der Waals surface area (Å²) in [6.07, 6.45) is -19.6. The highest BCUT2D eigenvalue weighted by molar-refractivity contribution is 5.13.